The Morgan fingerprint density at radius 3 is 2.42 bits per heavy atom. The highest BCUT2D eigenvalue weighted by Crippen LogP contribution is 2.31. The van der Waals surface area contributed by atoms with E-state index < -0.39 is 0 Å². The fourth-order valence-electron chi connectivity index (χ4n) is 3.29. The molecular weight excluding hydrogens is 411 g/mol. The van der Waals surface area contributed by atoms with E-state index in [2.05, 4.69) is 15.2 Å². The van der Waals surface area contributed by atoms with Crippen molar-refractivity contribution in [2.24, 2.45) is 0 Å². The fourth-order valence-corrected chi connectivity index (χ4v) is 4.22. The van der Waals surface area contributed by atoms with Crippen molar-refractivity contribution in [2.75, 3.05) is 0 Å². The molecule has 0 N–H and O–H groups in total. The van der Waals surface area contributed by atoms with Gasteiger partial charge in [-0.1, -0.05) is 29.5 Å². The summed E-state index contributed by atoms with van der Waals surface area (Å²) in [5, 5.41) is 8.90. The molecule has 0 saturated heterocycles. The van der Waals surface area contributed by atoms with Gasteiger partial charge >= 0.3 is 0 Å². The van der Waals surface area contributed by atoms with Crippen molar-refractivity contribution < 1.29 is 9.18 Å². The van der Waals surface area contributed by atoms with Crippen molar-refractivity contribution in [2.45, 2.75) is 31.2 Å². The van der Waals surface area contributed by atoms with Crippen LogP contribution in [0.1, 0.15) is 28.4 Å². The molecule has 0 spiro atoms. The predicted molar refractivity (Wildman–Crippen MR) is 120 cm³/mol. The van der Waals surface area contributed by atoms with Gasteiger partial charge in [-0.15, -0.1) is 10.2 Å². The second-order valence-electron chi connectivity index (χ2n) is 7.30. The van der Waals surface area contributed by atoms with E-state index >= 15 is 0 Å². The summed E-state index contributed by atoms with van der Waals surface area (Å²) >= 11 is 1.33. The number of benzene rings is 2. The molecule has 1 unspecified atom stereocenters. The molecule has 0 bridgehead atoms. The van der Waals surface area contributed by atoms with Gasteiger partial charge in [-0.3, -0.25) is 14.3 Å². The third-order valence-corrected chi connectivity index (χ3v) is 6.01. The Bertz CT molecular complexity index is 1220. The van der Waals surface area contributed by atoms with Crippen LogP contribution in [-0.4, -0.2) is 30.8 Å². The minimum Gasteiger partial charge on any atom is -0.293 e. The van der Waals surface area contributed by atoms with Crippen molar-refractivity contribution in [3.05, 3.63) is 89.5 Å². The SMILES string of the molecule is Cc1ccc(C)c(C(=O)C(C)Sc2nnc(-c3ccncc3)n2-c2ccc(F)cc2)c1. The standard InChI is InChI=1S/C24H21FN4OS/c1-15-4-5-16(2)21(14-15)22(30)17(3)31-24-28-27-23(18-10-12-26-13-11-18)29(24)20-8-6-19(25)7-9-20/h4-14,17H,1-3H3. The molecule has 0 aliphatic heterocycles. The van der Waals surface area contributed by atoms with Crippen LogP contribution in [-0.2, 0) is 0 Å². The minimum atomic E-state index is -0.380. The molecule has 0 fully saturated rings. The Morgan fingerprint density at radius 2 is 1.71 bits per heavy atom. The zero-order valence-electron chi connectivity index (χ0n) is 17.4. The first kappa shape index (κ1) is 20.9. The van der Waals surface area contributed by atoms with Gasteiger partial charge in [-0.05, 0) is 68.8 Å². The van der Waals surface area contributed by atoms with Gasteiger partial charge in [-0.2, -0.15) is 0 Å². The number of thioether (sulfide) groups is 1. The number of ketones is 1. The van der Waals surface area contributed by atoms with Crippen LogP contribution in [0, 0.1) is 19.7 Å². The molecule has 31 heavy (non-hydrogen) atoms. The average Bonchev–Trinajstić information content (AvgIpc) is 3.19. The number of hydrogen-bond acceptors (Lipinski definition) is 5. The highest BCUT2D eigenvalue weighted by molar-refractivity contribution is 8.00. The monoisotopic (exact) mass is 432 g/mol. The molecule has 2 aromatic heterocycles. The Kier molecular flexibility index (Phi) is 5.95. The highest BCUT2D eigenvalue weighted by atomic mass is 32.2. The lowest BCUT2D eigenvalue weighted by Gasteiger charge is -2.14. The van der Waals surface area contributed by atoms with Gasteiger partial charge in [0.25, 0.3) is 0 Å². The molecule has 156 valence electrons. The lowest BCUT2D eigenvalue weighted by molar-refractivity contribution is 0.0993. The van der Waals surface area contributed by atoms with Crippen LogP contribution in [0.3, 0.4) is 0 Å². The summed E-state index contributed by atoms with van der Waals surface area (Å²) in [6.45, 7) is 5.78. The zero-order valence-corrected chi connectivity index (χ0v) is 18.2. The first-order chi connectivity index (χ1) is 14.9. The third kappa shape index (κ3) is 4.41. The smallest absolute Gasteiger partial charge is 0.196 e. The Labute approximate surface area is 184 Å². The van der Waals surface area contributed by atoms with E-state index in [1.54, 1.807) is 24.5 Å². The van der Waals surface area contributed by atoms with Crippen molar-refractivity contribution in [3.8, 4) is 17.1 Å². The lowest BCUT2D eigenvalue weighted by Crippen LogP contribution is -2.16. The summed E-state index contributed by atoms with van der Waals surface area (Å²) in [7, 11) is 0. The molecular formula is C24H21FN4OS. The topological polar surface area (TPSA) is 60.7 Å². The van der Waals surface area contributed by atoms with Gasteiger partial charge < -0.3 is 0 Å². The largest absolute Gasteiger partial charge is 0.293 e. The number of nitrogens with zero attached hydrogens (tertiary/aromatic N) is 4. The second-order valence-corrected chi connectivity index (χ2v) is 8.60. The van der Waals surface area contributed by atoms with Crippen molar-refractivity contribution >= 4 is 17.5 Å². The molecule has 7 heteroatoms. The number of aromatic nitrogens is 4. The second kappa shape index (κ2) is 8.81. The van der Waals surface area contributed by atoms with Gasteiger partial charge in [0.1, 0.15) is 5.82 Å². The van der Waals surface area contributed by atoms with Gasteiger partial charge in [-0.25, -0.2) is 4.39 Å². The Balaban J connectivity index is 1.73. The van der Waals surface area contributed by atoms with Gasteiger partial charge in [0.2, 0.25) is 0 Å². The molecule has 0 saturated carbocycles. The predicted octanol–water partition coefficient (Wildman–Crippen LogP) is 5.45. The van der Waals surface area contributed by atoms with E-state index in [9.17, 15) is 9.18 Å². The number of Topliss-reactive ketones (excluding diaryl/α,β-unsaturated/α-hetero) is 1. The summed E-state index contributed by atoms with van der Waals surface area (Å²) in [6, 6.07) is 15.7. The van der Waals surface area contributed by atoms with Crippen LogP contribution >= 0.6 is 11.8 Å². The maximum Gasteiger partial charge on any atom is 0.196 e. The Hall–Kier alpha value is -3.32. The van der Waals surface area contributed by atoms with E-state index in [4.69, 9.17) is 0 Å². The van der Waals surface area contributed by atoms with E-state index in [1.807, 2.05) is 55.7 Å². The fraction of sp³-hybridized carbons (Fsp3) is 0.167. The van der Waals surface area contributed by atoms with Crippen LogP contribution in [0.25, 0.3) is 17.1 Å². The molecule has 0 amide bonds. The molecule has 2 aromatic carbocycles. The number of pyridine rings is 1. The molecule has 5 nitrogen and oxygen atoms in total. The molecule has 0 aliphatic carbocycles. The van der Waals surface area contributed by atoms with Crippen molar-refractivity contribution in [1.82, 2.24) is 19.7 Å². The molecule has 4 rings (SSSR count). The molecule has 1 atom stereocenters. The number of aryl methyl sites for hydroxylation is 2. The van der Waals surface area contributed by atoms with Crippen LogP contribution in [0.2, 0.25) is 0 Å². The van der Waals surface area contributed by atoms with Crippen LogP contribution in [0.15, 0.2) is 72.1 Å². The molecule has 2 heterocycles. The maximum atomic E-state index is 13.5. The van der Waals surface area contributed by atoms with Crippen molar-refractivity contribution in [1.29, 1.82) is 0 Å². The number of carbonyl (C=O) groups excluding carboxylic acids is 1. The van der Waals surface area contributed by atoms with Crippen LogP contribution in [0.5, 0.6) is 0 Å². The lowest BCUT2D eigenvalue weighted by atomic mass is 10.0. The first-order valence-electron chi connectivity index (χ1n) is 9.84. The van der Waals surface area contributed by atoms with E-state index in [1.165, 1.54) is 23.9 Å². The van der Waals surface area contributed by atoms with Gasteiger partial charge in [0.05, 0.1) is 5.25 Å². The number of hydrogen-bond donors (Lipinski definition) is 0. The van der Waals surface area contributed by atoms with Gasteiger partial charge in [0, 0.05) is 29.2 Å². The number of carbonyl (C=O) groups is 1. The summed E-state index contributed by atoms with van der Waals surface area (Å²) in [5.41, 5.74) is 4.24. The van der Waals surface area contributed by atoms with Crippen LogP contribution in [0.4, 0.5) is 4.39 Å². The number of halogens is 1. The maximum absolute atomic E-state index is 13.5. The zero-order chi connectivity index (χ0) is 22.0. The van der Waals surface area contributed by atoms with E-state index in [0.29, 0.717) is 22.2 Å². The quantitative estimate of drug-likeness (QED) is 0.300. The Morgan fingerprint density at radius 1 is 1.00 bits per heavy atom. The van der Waals surface area contributed by atoms with E-state index in [0.717, 1.165) is 16.7 Å². The summed E-state index contributed by atoms with van der Waals surface area (Å²) < 4.78 is 15.4. The summed E-state index contributed by atoms with van der Waals surface area (Å²) in [4.78, 5) is 17.2. The molecule has 0 aliphatic rings. The average molecular weight is 433 g/mol. The van der Waals surface area contributed by atoms with Crippen LogP contribution < -0.4 is 0 Å². The molecule has 0 radical (unpaired) electrons. The molecule has 4 aromatic rings. The highest BCUT2D eigenvalue weighted by Gasteiger charge is 2.23. The summed E-state index contributed by atoms with van der Waals surface area (Å²) in [6.07, 6.45) is 3.36. The van der Waals surface area contributed by atoms with E-state index in [-0.39, 0.29) is 16.9 Å². The summed E-state index contributed by atoms with van der Waals surface area (Å²) in [5.74, 6) is 0.308. The third-order valence-electron chi connectivity index (χ3n) is 4.97. The first-order valence-corrected chi connectivity index (χ1v) is 10.7. The minimum absolute atomic E-state index is 0.0327. The van der Waals surface area contributed by atoms with Crippen molar-refractivity contribution in [3.63, 3.8) is 0 Å². The van der Waals surface area contributed by atoms with Gasteiger partial charge in [0.15, 0.2) is 16.8 Å². The number of rotatable bonds is 6. The normalized spacial score (nSPS) is 12.0.